The second kappa shape index (κ2) is 9.62. The Kier molecular flexibility index (Phi) is 5.85. The summed E-state index contributed by atoms with van der Waals surface area (Å²) in [4.78, 5) is 34.7. The van der Waals surface area contributed by atoms with Crippen molar-refractivity contribution in [2.24, 2.45) is 0 Å². The van der Waals surface area contributed by atoms with Crippen LogP contribution in [0.25, 0.3) is 27.5 Å². The highest BCUT2D eigenvalue weighted by Gasteiger charge is 2.13. The molecule has 3 aromatic carbocycles. The largest absolute Gasteiger partial charge is 0.414 e. The minimum absolute atomic E-state index is 0.194. The summed E-state index contributed by atoms with van der Waals surface area (Å²) in [5, 5.41) is 9.34. The van der Waals surface area contributed by atoms with Crippen molar-refractivity contribution >= 4 is 51.3 Å². The van der Waals surface area contributed by atoms with Gasteiger partial charge in [0.25, 0.3) is 5.91 Å². The molecule has 0 aliphatic heterocycles. The Balaban J connectivity index is 1.21. The van der Waals surface area contributed by atoms with Gasteiger partial charge in [-0.05, 0) is 85.8 Å². The number of anilines is 3. The van der Waals surface area contributed by atoms with E-state index in [-0.39, 0.29) is 5.91 Å². The van der Waals surface area contributed by atoms with Gasteiger partial charge in [-0.25, -0.2) is 4.68 Å². The molecule has 0 saturated heterocycles. The summed E-state index contributed by atoms with van der Waals surface area (Å²) < 4.78 is 3.53. The summed E-state index contributed by atoms with van der Waals surface area (Å²) in [6, 6.07) is 24.3. The number of fused-ring (bicyclic) bond motifs is 2. The molecule has 0 bridgehead atoms. The van der Waals surface area contributed by atoms with E-state index in [1.807, 2.05) is 90.6 Å². The van der Waals surface area contributed by atoms with Gasteiger partial charge in [0.05, 0.1) is 28.6 Å². The summed E-state index contributed by atoms with van der Waals surface area (Å²) in [6.07, 6.45) is 6.15. The van der Waals surface area contributed by atoms with Gasteiger partial charge in [0, 0.05) is 34.4 Å². The Morgan fingerprint density at radius 1 is 1.03 bits per heavy atom. The quantitative estimate of drug-likeness (QED) is 0.275. The third-order valence-electron chi connectivity index (χ3n) is 6.33. The number of aromatic amines is 1. The molecule has 9 nitrogen and oxygen atoms in total. The molecule has 0 spiro atoms. The van der Waals surface area contributed by atoms with Crippen molar-refractivity contribution in [2.45, 2.75) is 6.92 Å². The predicted molar refractivity (Wildman–Crippen MR) is 147 cm³/mol. The maximum Gasteiger partial charge on any atom is 0.255 e. The zero-order valence-corrected chi connectivity index (χ0v) is 20.5. The van der Waals surface area contributed by atoms with Crippen LogP contribution >= 0.6 is 0 Å². The molecule has 0 aliphatic carbocycles. The lowest BCUT2D eigenvalue weighted by molar-refractivity contribution is -0.106. The Morgan fingerprint density at radius 3 is 2.63 bits per heavy atom. The minimum Gasteiger partial charge on any atom is -0.414 e. The van der Waals surface area contributed by atoms with Gasteiger partial charge in [-0.3, -0.25) is 14.5 Å². The molecule has 0 unspecified atom stereocenters. The molecule has 3 heterocycles. The topological polar surface area (TPSA) is 97.2 Å². The van der Waals surface area contributed by atoms with Gasteiger partial charge in [0.2, 0.25) is 6.41 Å². The van der Waals surface area contributed by atoms with Crippen LogP contribution in [0.2, 0.25) is 0 Å². The fraction of sp³-hybridized carbons (Fsp3) is 0.0690. The lowest BCUT2D eigenvalue weighted by Gasteiger charge is -2.16. The van der Waals surface area contributed by atoms with Gasteiger partial charge in [0.1, 0.15) is 12.4 Å². The first-order valence-electron chi connectivity index (χ1n) is 12.2. The van der Waals surface area contributed by atoms with Crippen LogP contribution < -0.4 is 15.1 Å². The lowest BCUT2D eigenvalue weighted by atomic mass is 10.1. The number of hydrogen-bond donors (Lipinski definition) is 2. The average Bonchev–Trinajstić information content (AvgIpc) is 3.70. The molecule has 6 aromatic rings. The first-order chi connectivity index (χ1) is 18.6. The number of carbonyl (C=O) groups excluding carboxylic acids is 2. The Morgan fingerprint density at radius 2 is 1.87 bits per heavy atom. The SMILES string of the molecule is CCOn1ccc2cc(C(=O)Nc3ccc4c(cnn4-c4ccc(N(C=O)c5ccc[nH]5)cc4)c3)ccc21. The molecule has 6 rings (SSSR count). The van der Waals surface area contributed by atoms with E-state index in [1.54, 1.807) is 23.2 Å². The van der Waals surface area contributed by atoms with Crippen molar-refractivity contribution in [3.8, 4) is 5.69 Å². The number of aromatic nitrogens is 4. The van der Waals surface area contributed by atoms with E-state index in [0.29, 0.717) is 23.7 Å². The van der Waals surface area contributed by atoms with Crippen LogP contribution in [0.5, 0.6) is 0 Å². The first-order valence-corrected chi connectivity index (χ1v) is 12.2. The molecule has 0 radical (unpaired) electrons. The van der Waals surface area contributed by atoms with Crippen molar-refractivity contribution in [2.75, 3.05) is 16.8 Å². The van der Waals surface area contributed by atoms with Crippen LogP contribution in [0, 0.1) is 0 Å². The maximum absolute atomic E-state index is 12.9. The number of rotatable bonds is 8. The third kappa shape index (κ3) is 4.16. The van der Waals surface area contributed by atoms with Gasteiger partial charge < -0.3 is 15.1 Å². The number of nitrogens with one attached hydrogen (secondary N) is 2. The standard InChI is InChI=1S/C29H24N6O3/c1-2-38-34-15-13-20-16-21(5-11-26(20)34)29(37)32-23-6-12-27-22(17-23)18-31-35(27)25-9-7-24(8-10-25)33(19-36)28-4-3-14-30-28/h3-19,30H,2H2,1H3,(H,32,37). The van der Waals surface area contributed by atoms with Crippen LogP contribution in [0.15, 0.2) is 97.5 Å². The van der Waals surface area contributed by atoms with Crippen LogP contribution in [0.3, 0.4) is 0 Å². The molecule has 0 aliphatic rings. The molecule has 2 amide bonds. The zero-order chi connectivity index (χ0) is 26.1. The summed E-state index contributed by atoms with van der Waals surface area (Å²) in [5.41, 5.74) is 4.63. The van der Waals surface area contributed by atoms with Gasteiger partial charge in [-0.1, -0.05) is 0 Å². The Bertz CT molecular complexity index is 1750. The molecule has 0 saturated carbocycles. The molecule has 0 fully saturated rings. The molecule has 3 aromatic heterocycles. The second-order valence-corrected chi connectivity index (χ2v) is 8.66. The normalized spacial score (nSPS) is 11.1. The van der Waals surface area contributed by atoms with Crippen molar-refractivity contribution in [3.05, 3.63) is 103 Å². The molecule has 188 valence electrons. The predicted octanol–water partition coefficient (Wildman–Crippen LogP) is 5.30. The summed E-state index contributed by atoms with van der Waals surface area (Å²) in [7, 11) is 0. The highest BCUT2D eigenvalue weighted by molar-refractivity contribution is 6.07. The van der Waals surface area contributed by atoms with Gasteiger partial charge in [-0.2, -0.15) is 9.83 Å². The Labute approximate surface area is 217 Å². The fourth-order valence-electron chi connectivity index (χ4n) is 4.51. The van der Waals surface area contributed by atoms with Gasteiger partial charge in [-0.15, -0.1) is 0 Å². The van der Waals surface area contributed by atoms with E-state index >= 15 is 0 Å². The number of carbonyl (C=O) groups is 2. The van der Waals surface area contributed by atoms with Gasteiger partial charge in [0.15, 0.2) is 0 Å². The number of nitrogens with zero attached hydrogens (tertiary/aromatic N) is 4. The van der Waals surface area contributed by atoms with E-state index in [2.05, 4.69) is 15.4 Å². The fourth-order valence-corrected chi connectivity index (χ4v) is 4.51. The van der Waals surface area contributed by atoms with E-state index < -0.39 is 0 Å². The summed E-state index contributed by atoms with van der Waals surface area (Å²) in [6.45, 7) is 2.49. The number of H-pyrrole nitrogens is 1. The molecular weight excluding hydrogens is 480 g/mol. The third-order valence-corrected chi connectivity index (χ3v) is 6.33. The van der Waals surface area contributed by atoms with Crippen molar-refractivity contribution < 1.29 is 14.4 Å². The number of benzene rings is 3. The van der Waals surface area contributed by atoms with Crippen LogP contribution in [-0.4, -0.2) is 38.4 Å². The van der Waals surface area contributed by atoms with Crippen LogP contribution in [-0.2, 0) is 4.79 Å². The van der Waals surface area contributed by atoms with E-state index in [1.165, 1.54) is 4.90 Å². The summed E-state index contributed by atoms with van der Waals surface area (Å²) in [5.74, 6) is 0.496. The number of hydrogen-bond acceptors (Lipinski definition) is 4. The average molecular weight is 505 g/mol. The molecule has 38 heavy (non-hydrogen) atoms. The second-order valence-electron chi connectivity index (χ2n) is 8.66. The highest BCUT2D eigenvalue weighted by atomic mass is 16.7. The summed E-state index contributed by atoms with van der Waals surface area (Å²) >= 11 is 0. The smallest absolute Gasteiger partial charge is 0.255 e. The van der Waals surface area contributed by atoms with E-state index in [4.69, 9.17) is 4.84 Å². The van der Waals surface area contributed by atoms with Crippen LogP contribution in [0.4, 0.5) is 17.2 Å². The van der Waals surface area contributed by atoms with Crippen molar-refractivity contribution in [3.63, 3.8) is 0 Å². The maximum atomic E-state index is 12.9. The molecule has 2 N–H and O–H groups in total. The lowest BCUT2D eigenvalue weighted by Crippen LogP contribution is -2.14. The van der Waals surface area contributed by atoms with Crippen molar-refractivity contribution in [1.29, 1.82) is 0 Å². The highest BCUT2D eigenvalue weighted by Crippen LogP contribution is 2.26. The first kappa shape index (κ1) is 23.1. The molecule has 0 atom stereocenters. The Hall–Kier alpha value is -5.31. The minimum atomic E-state index is -0.194. The molecule has 9 heteroatoms. The van der Waals surface area contributed by atoms with Gasteiger partial charge >= 0.3 is 0 Å². The van der Waals surface area contributed by atoms with Crippen molar-refractivity contribution in [1.82, 2.24) is 19.5 Å². The van der Waals surface area contributed by atoms with E-state index in [0.717, 1.165) is 39.6 Å². The van der Waals surface area contributed by atoms with E-state index in [9.17, 15) is 9.59 Å². The zero-order valence-electron chi connectivity index (χ0n) is 20.5. The monoisotopic (exact) mass is 504 g/mol. The van der Waals surface area contributed by atoms with Crippen LogP contribution in [0.1, 0.15) is 17.3 Å². The number of amides is 2. The molecular formula is C29H24N6O3.